The van der Waals surface area contributed by atoms with E-state index in [-0.39, 0.29) is 12.3 Å². The molecular weight excluding hydrogens is 224 g/mol. The van der Waals surface area contributed by atoms with Crippen molar-refractivity contribution in [3.05, 3.63) is 47.1 Å². The fraction of sp³-hybridized carbons (Fsp3) is 0.0833. The Kier molecular flexibility index (Phi) is 2.71. The number of benzene rings is 1. The highest BCUT2D eigenvalue weighted by Crippen LogP contribution is 2.32. The van der Waals surface area contributed by atoms with Gasteiger partial charge in [0, 0.05) is 22.0 Å². The number of halogens is 1. The third-order valence-electron chi connectivity index (χ3n) is 2.34. The molecule has 0 saturated heterocycles. The lowest BCUT2D eigenvalue weighted by molar-refractivity contribution is -0.117. The SMILES string of the molecule is C=C1C=C(CC(N)=O)Nc2ccc(Cl)cc21. The summed E-state index contributed by atoms with van der Waals surface area (Å²) in [5.74, 6) is -0.371. The molecule has 82 valence electrons. The van der Waals surface area contributed by atoms with Crippen LogP contribution >= 0.6 is 11.6 Å². The number of nitrogens with two attached hydrogens (primary N) is 1. The van der Waals surface area contributed by atoms with Crippen LogP contribution in [0.1, 0.15) is 12.0 Å². The van der Waals surface area contributed by atoms with E-state index >= 15 is 0 Å². The van der Waals surface area contributed by atoms with E-state index in [2.05, 4.69) is 11.9 Å². The number of primary amides is 1. The van der Waals surface area contributed by atoms with Crippen molar-refractivity contribution in [1.82, 2.24) is 0 Å². The van der Waals surface area contributed by atoms with E-state index in [1.165, 1.54) is 0 Å². The zero-order chi connectivity index (χ0) is 11.7. The summed E-state index contributed by atoms with van der Waals surface area (Å²) in [5.41, 5.74) is 8.57. The summed E-state index contributed by atoms with van der Waals surface area (Å²) < 4.78 is 0. The van der Waals surface area contributed by atoms with Gasteiger partial charge in [-0.05, 0) is 29.8 Å². The van der Waals surface area contributed by atoms with Crippen molar-refractivity contribution in [2.24, 2.45) is 5.73 Å². The molecule has 1 amide bonds. The summed E-state index contributed by atoms with van der Waals surface area (Å²) in [6.45, 7) is 3.93. The van der Waals surface area contributed by atoms with Crippen molar-refractivity contribution >= 4 is 28.8 Å². The maximum Gasteiger partial charge on any atom is 0.223 e. The maximum absolute atomic E-state index is 10.8. The van der Waals surface area contributed by atoms with Crippen molar-refractivity contribution in [2.75, 3.05) is 5.32 Å². The van der Waals surface area contributed by atoms with Gasteiger partial charge >= 0.3 is 0 Å². The van der Waals surface area contributed by atoms with Crippen LogP contribution in [0.4, 0.5) is 5.69 Å². The third-order valence-corrected chi connectivity index (χ3v) is 2.57. The molecule has 0 fully saturated rings. The van der Waals surface area contributed by atoms with E-state index in [1.54, 1.807) is 6.07 Å². The number of carbonyl (C=O) groups excluding carboxylic acids is 1. The molecule has 1 aliphatic heterocycles. The minimum Gasteiger partial charge on any atom is -0.369 e. The first-order valence-electron chi connectivity index (χ1n) is 4.81. The third kappa shape index (κ3) is 2.09. The number of allylic oxidation sites excluding steroid dienone is 2. The highest BCUT2D eigenvalue weighted by atomic mass is 35.5. The Morgan fingerprint density at radius 3 is 2.94 bits per heavy atom. The standard InChI is InChI=1S/C12H11ClN2O/c1-7-4-9(6-12(14)16)15-11-3-2-8(13)5-10(7)11/h2-5,15H,1,6H2,(H2,14,16). The summed E-state index contributed by atoms with van der Waals surface area (Å²) in [6, 6.07) is 5.48. The fourth-order valence-corrected chi connectivity index (χ4v) is 1.84. The minimum absolute atomic E-state index is 0.182. The molecule has 0 bridgehead atoms. The molecule has 0 unspecified atom stereocenters. The summed E-state index contributed by atoms with van der Waals surface area (Å²) >= 11 is 5.90. The van der Waals surface area contributed by atoms with Gasteiger partial charge in [0.1, 0.15) is 0 Å². The van der Waals surface area contributed by atoms with Gasteiger partial charge in [-0.2, -0.15) is 0 Å². The molecule has 0 aromatic heterocycles. The Hall–Kier alpha value is -1.74. The molecule has 3 nitrogen and oxygen atoms in total. The van der Waals surface area contributed by atoms with Crippen LogP contribution in [0.5, 0.6) is 0 Å². The molecule has 1 aliphatic rings. The van der Waals surface area contributed by atoms with Gasteiger partial charge in [-0.25, -0.2) is 0 Å². The molecule has 0 spiro atoms. The monoisotopic (exact) mass is 234 g/mol. The average molecular weight is 235 g/mol. The van der Waals surface area contributed by atoms with Crippen molar-refractivity contribution in [2.45, 2.75) is 6.42 Å². The quantitative estimate of drug-likeness (QED) is 0.826. The lowest BCUT2D eigenvalue weighted by Crippen LogP contribution is -2.16. The van der Waals surface area contributed by atoms with Gasteiger partial charge in [-0.1, -0.05) is 18.2 Å². The Morgan fingerprint density at radius 1 is 1.50 bits per heavy atom. The fourth-order valence-electron chi connectivity index (χ4n) is 1.67. The highest BCUT2D eigenvalue weighted by Gasteiger charge is 2.14. The largest absolute Gasteiger partial charge is 0.369 e. The minimum atomic E-state index is -0.371. The van der Waals surface area contributed by atoms with Crippen molar-refractivity contribution in [3.8, 4) is 0 Å². The van der Waals surface area contributed by atoms with Crippen LogP contribution in [0.25, 0.3) is 5.57 Å². The van der Waals surface area contributed by atoms with Crippen LogP contribution in [0.2, 0.25) is 5.02 Å². The number of carbonyl (C=O) groups is 1. The van der Waals surface area contributed by atoms with Crippen molar-refractivity contribution in [3.63, 3.8) is 0 Å². The van der Waals surface area contributed by atoms with Crippen LogP contribution in [-0.2, 0) is 4.79 Å². The Balaban J connectivity index is 2.34. The molecule has 0 saturated carbocycles. The molecule has 0 atom stereocenters. The summed E-state index contributed by atoms with van der Waals surface area (Å²) in [6.07, 6.45) is 1.99. The average Bonchev–Trinajstić information content (AvgIpc) is 2.18. The maximum atomic E-state index is 10.8. The number of hydrogen-bond acceptors (Lipinski definition) is 2. The number of nitrogens with one attached hydrogen (secondary N) is 1. The molecule has 2 rings (SSSR count). The molecule has 1 aromatic carbocycles. The summed E-state index contributed by atoms with van der Waals surface area (Å²) in [7, 11) is 0. The highest BCUT2D eigenvalue weighted by molar-refractivity contribution is 6.31. The predicted octanol–water partition coefficient (Wildman–Crippen LogP) is 2.54. The predicted molar refractivity (Wildman–Crippen MR) is 66.0 cm³/mol. The second kappa shape index (κ2) is 4.02. The number of fused-ring (bicyclic) bond motifs is 1. The molecule has 0 aliphatic carbocycles. The Labute approximate surface area is 98.6 Å². The molecule has 1 heterocycles. The molecule has 16 heavy (non-hydrogen) atoms. The van der Waals surface area contributed by atoms with Crippen LogP contribution in [-0.4, -0.2) is 5.91 Å². The van der Waals surface area contributed by atoms with Gasteiger partial charge in [-0.3, -0.25) is 4.79 Å². The van der Waals surface area contributed by atoms with Gasteiger partial charge in [0.05, 0.1) is 6.42 Å². The van der Waals surface area contributed by atoms with Crippen molar-refractivity contribution in [1.29, 1.82) is 0 Å². The van der Waals surface area contributed by atoms with E-state index in [9.17, 15) is 4.79 Å². The zero-order valence-electron chi connectivity index (χ0n) is 8.59. The van der Waals surface area contributed by atoms with E-state index in [1.807, 2.05) is 18.2 Å². The number of amides is 1. The van der Waals surface area contributed by atoms with Gasteiger partial charge < -0.3 is 11.1 Å². The Morgan fingerprint density at radius 2 is 2.25 bits per heavy atom. The van der Waals surface area contributed by atoms with E-state index in [0.29, 0.717) is 5.02 Å². The lowest BCUT2D eigenvalue weighted by Gasteiger charge is -2.20. The topological polar surface area (TPSA) is 55.1 Å². The molecular formula is C12H11ClN2O. The summed E-state index contributed by atoms with van der Waals surface area (Å²) in [4.78, 5) is 10.8. The van der Waals surface area contributed by atoms with Gasteiger partial charge in [0.25, 0.3) is 0 Å². The van der Waals surface area contributed by atoms with Crippen LogP contribution in [0.15, 0.2) is 36.6 Å². The molecule has 4 heteroatoms. The van der Waals surface area contributed by atoms with Crippen LogP contribution in [0, 0.1) is 0 Å². The number of hydrogen-bond donors (Lipinski definition) is 2. The first kappa shape index (κ1) is 10.8. The van der Waals surface area contributed by atoms with E-state index in [0.717, 1.165) is 22.5 Å². The van der Waals surface area contributed by atoms with Crippen LogP contribution < -0.4 is 11.1 Å². The first-order valence-corrected chi connectivity index (χ1v) is 5.19. The first-order chi connectivity index (χ1) is 7.56. The summed E-state index contributed by atoms with van der Waals surface area (Å²) in [5, 5.41) is 3.79. The van der Waals surface area contributed by atoms with E-state index < -0.39 is 0 Å². The van der Waals surface area contributed by atoms with E-state index in [4.69, 9.17) is 17.3 Å². The second-order valence-electron chi connectivity index (χ2n) is 3.65. The zero-order valence-corrected chi connectivity index (χ0v) is 9.34. The molecule has 3 N–H and O–H groups in total. The Bertz CT molecular complexity index is 506. The number of rotatable bonds is 2. The normalized spacial score (nSPS) is 13.8. The smallest absolute Gasteiger partial charge is 0.223 e. The van der Waals surface area contributed by atoms with Gasteiger partial charge in [-0.15, -0.1) is 0 Å². The van der Waals surface area contributed by atoms with Crippen molar-refractivity contribution < 1.29 is 4.79 Å². The molecule has 0 radical (unpaired) electrons. The molecule has 1 aromatic rings. The number of anilines is 1. The lowest BCUT2D eigenvalue weighted by atomic mass is 9.99. The van der Waals surface area contributed by atoms with Crippen LogP contribution in [0.3, 0.4) is 0 Å². The van der Waals surface area contributed by atoms with Gasteiger partial charge in [0.2, 0.25) is 5.91 Å². The van der Waals surface area contributed by atoms with Gasteiger partial charge in [0.15, 0.2) is 0 Å². The second-order valence-corrected chi connectivity index (χ2v) is 4.09.